The van der Waals surface area contributed by atoms with E-state index in [9.17, 15) is 22.8 Å². The Labute approximate surface area is 182 Å². The Morgan fingerprint density at radius 2 is 1.53 bits per heavy atom. The van der Waals surface area contributed by atoms with Crippen LogP contribution in [0.25, 0.3) is 16.8 Å². The third-order valence-electron chi connectivity index (χ3n) is 4.66. The van der Waals surface area contributed by atoms with Gasteiger partial charge in [-0.25, -0.2) is 4.79 Å². The molecule has 3 aromatic rings. The molecule has 3 aromatic carbocycles. The first-order valence-electron chi connectivity index (χ1n) is 9.27. The molecule has 0 bridgehead atoms. The monoisotopic (exact) mass is 452 g/mol. The van der Waals surface area contributed by atoms with Crippen molar-refractivity contribution in [1.82, 2.24) is 10.6 Å². The zero-order valence-electron chi connectivity index (χ0n) is 16.6. The molecule has 2 N–H and O–H groups in total. The summed E-state index contributed by atoms with van der Waals surface area (Å²) in [4.78, 5) is 35.0. The molecule has 4 amide bonds. The highest BCUT2D eigenvalue weighted by atomic mass is 32.2. The summed E-state index contributed by atoms with van der Waals surface area (Å²) in [6, 6.07) is 15.2. The Kier molecular flexibility index (Phi) is 5.37. The summed E-state index contributed by atoms with van der Waals surface area (Å²) in [6.45, 7) is 0. The van der Waals surface area contributed by atoms with E-state index in [2.05, 4.69) is 0 Å². The smallest absolute Gasteiger partial charge is 0.339 e. The first-order valence-corrected chi connectivity index (χ1v) is 10.7. The van der Waals surface area contributed by atoms with E-state index in [1.165, 1.54) is 37.5 Å². The van der Waals surface area contributed by atoms with Crippen LogP contribution in [0.1, 0.15) is 5.56 Å². The molecule has 0 aromatic heterocycles. The molecular formula is C22H16N2O7S. The lowest BCUT2D eigenvalue weighted by Crippen LogP contribution is -2.51. The number of fused-ring (bicyclic) bond motifs is 1. The lowest BCUT2D eigenvalue weighted by Gasteiger charge is -2.15. The Hall–Kier alpha value is -4.18. The van der Waals surface area contributed by atoms with Crippen LogP contribution in [0.4, 0.5) is 4.79 Å². The van der Waals surface area contributed by atoms with Crippen molar-refractivity contribution < 1.29 is 31.7 Å². The van der Waals surface area contributed by atoms with Gasteiger partial charge in [-0.2, -0.15) is 8.42 Å². The van der Waals surface area contributed by atoms with Crippen LogP contribution in [0.5, 0.6) is 11.5 Å². The normalized spacial score (nSPS) is 14.0. The highest BCUT2D eigenvalue weighted by Crippen LogP contribution is 2.33. The molecule has 1 saturated heterocycles. The third-order valence-corrected chi connectivity index (χ3v) is 5.95. The van der Waals surface area contributed by atoms with Gasteiger partial charge in [-0.15, -0.1) is 0 Å². The second kappa shape index (κ2) is 8.16. The fraction of sp³-hybridized carbons (Fsp3) is 0.0455. The number of ether oxygens (including phenoxy) is 1. The molecule has 1 fully saturated rings. The average molecular weight is 452 g/mol. The Bertz CT molecular complexity index is 1380. The van der Waals surface area contributed by atoms with Crippen LogP contribution in [0.15, 0.2) is 71.1 Å². The molecular weight excluding hydrogens is 436 g/mol. The van der Waals surface area contributed by atoms with E-state index in [0.29, 0.717) is 10.9 Å². The zero-order chi connectivity index (χ0) is 22.9. The van der Waals surface area contributed by atoms with E-state index in [4.69, 9.17) is 8.92 Å². The number of amides is 4. The van der Waals surface area contributed by atoms with Gasteiger partial charge in [0.05, 0.1) is 7.11 Å². The van der Waals surface area contributed by atoms with E-state index in [0.717, 1.165) is 5.39 Å². The quantitative estimate of drug-likeness (QED) is 0.346. The highest BCUT2D eigenvalue weighted by Gasteiger charge is 2.28. The largest absolute Gasteiger partial charge is 0.493 e. The van der Waals surface area contributed by atoms with Crippen LogP contribution in [0, 0.1) is 0 Å². The number of hydrogen-bond acceptors (Lipinski definition) is 7. The van der Waals surface area contributed by atoms with Gasteiger partial charge in [0.2, 0.25) is 0 Å². The predicted molar refractivity (Wildman–Crippen MR) is 114 cm³/mol. The number of rotatable bonds is 5. The minimum absolute atomic E-state index is 0.00376. The number of nitrogens with one attached hydrogen (secondary N) is 2. The molecule has 162 valence electrons. The summed E-state index contributed by atoms with van der Waals surface area (Å²) >= 11 is 0. The van der Waals surface area contributed by atoms with Crippen molar-refractivity contribution in [3.8, 4) is 11.5 Å². The fourth-order valence-electron chi connectivity index (χ4n) is 3.19. The maximum atomic E-state index is 13.0. The number of benzene rings is 3. The molecule has 9 nitrogen and oxygen atoms in total. The van der Waals surface area contributed by atoms with Crippen LogP contribution in [0.2, 0.25) is 0 Å². The molecule has 0 atom stereocenters. The molecule has 1 heterocycles. The van der Waals surface area contributed by atoms with Crippen molar-refractivity contribution in [2.45, 2.75) is 4.90 Å². The van der Waals surface area contributed by atoms with E-state index < -0.39 is 28.0 Å². The van der Waals surface area contributed by atoms with Crippen LogP contribution < -0.4 is 19.6 Å². The van der Waals surface area contributed by atoms with Gasteiger partial charge in [-0.1, -0.05) is 42.5 Å². The van der Waals surface area contributed by atoms with Gasteiger partial charge in [0.1, 0.15) is 10.5 Å². The number of hydrogen-bond donors (Lipinski definition) is 2. The van der Waals surface area contributed by atoms with Gasteiger partial charge in [-0.05, 0) is 35.2 Å². The molecule has 0 saturated carbocycles. The molecule has 0 aliphatic carbocycles. The van der Waals surface area contributed by atoms with Crippen molar-refractivity contribution in [1.29, 1.82) is 0 Å². The number of barbiturate groups is 1. The Morgan fingerprint density at radius 3 is 2.25 bits per heavy atom. The van der Waals surface area contributed by atoms with E-state index in [-0.39, 0.29) is 22.0 Å². The molecule has 4 rings (SSSR count). The van der Waals surface area contributed by atoms with Gasteiger partial charge < -0.3 is 8.92 Å². The fourth-order valence-corrected chi connectivity index (χ4v) is 4.36. The number of imide groups is 2. The molecule has 1 aliphatic heterocycles. The summed E-state index contributed by atoms with van der Waals surface area (Å²) in [5.74, 6) is -1.71. The van der Waals surface area contributed by atoms with Gasteiger partial charge in [-0.3, -0.25) is 20.2 Å². The molecule has 1 aliphatic rings. The summed E-state index contributed by atoms with van der Waals surface area (Å²) in [7, 11) is -2.88. The standard InChI is InChI=1S/C22H16N2O7S/c1-30-18-12-13(11-16-20(25)23-22(27)24-21(16)26)9-10-17(18)31-32(28,29)19-8-4-6-14-5-2-3-7-15(14)19/h2-12H,1H3,(H2,23,24,25,26,27). The van der Waals surface area contributed by atoms with Crippen molar-refractivity contribution >= 4 is 44.8 Å². The second-order valence-corrected chi connectivity index (χ2v) is 8.24. The molecule has 10 heteroatoms. The van der Waals surface area contributed by atoms with Gasteiger partial charge >= 0.3 is 16.1 Å². The third kappa shape index (κ3) is 4.03. The lowest BCUT2D eigenvalue weighted by molar-refractivity contribution is -0.123. The lowest BCUT2D eigenvalue weighted by atomic mass is 10.1. The Balaban J connectivity index is 1.68. The van der Waals surface area contributed by atoms with E-state index >= 15 is 0 Å². The first kappa shape index (κ1) is 21.1. The van der Waals surface area contributed by atoms with Crippen molar-refractivity contribution in [3.63, 3.8) is 0 Å². The average Bonchev–Trinajstić information content (AvgIpc) is 2.76. The maximum absolute atomic E-state index is 13.0. The number of methoxy groups -OCH3 is 1. The maximum Gasteiger partial charge on any atom is 0.339 e. The summed E-state index contributed by atoms with van der Waals surface area (Å²) < 4.78 is 36.5. The van der Waals surface area contributed by atoms with Crippen LogP contribution in [-0.2, 0) is 19.7 Å². The van der Waals surface area contributed by atoms with Crippen molar-refractivity contribution in [3.05, 3.63) is 71.8 Å². The second-order valence-electron chi connectivity index (χ2n) is 6.72. The number of carbonyl (C=O) groups excluding carboxylic acids is 3. The van der Waals surface area contributed by atoms with Crippen LogP contribution in [-0.4, -0.2) is 33.4 Å². The Morgan fingerprint density at radius 1 is 0.844 bits per heavy atom. The van der Waals surface area contributed by atoms with Crippen molar-refractivity contribution in [2.75, 3.05) is 7.11 Å². The van der Waals surface area contributed by atoms with E-state index in [1.54, 1.807) is 36.4 Å². The minimum atomic E-state index is -4.20. The van der Waals surface area contributed by atoms with Crippen LogP contribution in [0.3, 0.4) is 0 Å². The van der Waals surface area contributed by atoms with Gasteiger partial charge in [0.25, 0.3) is 11.8 Å². The number of carbonyl (C=O) groups is 3. The SMILES string of the molecule is COc1cc(C=C2C(=O)NC(=O)NC2=O)ccc1OS(=O)(=O)c1cccc2ccccc12. The zero-order valence-corrected chi connectivity index (χ0v) is 17.4. The summed E-state index contributed by atoms with van der Waals surface area (Å²) in [5.41, 5.74) is 0.0649. The topological polar surface area (TPSA) is 128 Å². The molecule has 32 heavy (non-hydrogen) atoms. The summed E-state index contributed by atoms with van der Waals surface area (Å²) in [5, 5.41) is 5.20. The highest BCUT2D eigenvalue weighted by molar-refractivity contribution is 7.87. The van der Waals surface area contributed by atoms with E-state index in [1.807, 2.05) is 10.6 Å². The summed E-state index contributed by atoms with van der Waals surface area (Å²) in [6.07, 6.45) is 1.24. The molecule has 0 spiro atoms. The van der Waals surface area contributed by atoms with Gasteiger partial charge in [0.15, 0.2) is 11.5 Å². The molecule has 0 radical (unpaired) electrons. The van der Waals surface area contributed by atoms with Crippen LogP contribution >= 0.6 is 0 Å². The molecule has 0 unspecified atom stereocenters. The minimum Gasteiger partial charge on any atom is -0.493 e. The van der Waals surface area contributed by atoms with Crippen molar-refractivity contribution in [2.24, 2.45) is 0 Å². The predicted octanol–water partition coefficient (Wildman–Crippen LogP) is 2.37. The number of urea groups is 1. The first-order chi connectivity index (χ1) is 15.3. The van der Waals surface area contributed by atoms with Gasteiger partial charge in [0, 0.05) is 5.39 Å².